The van der Waals surface area contributed by atoms with Crippen LogP contribution in [0.25, 0.3) is 99.7 Å². The van der Waals surface area contributed by atoms with Gasteiger partial charge in [-0.25, -0.2) is 9.97 Å². The van der Waals surface area contributed by atoms with Crippen LogP contribution in [0.1, 0.15) is 0 Å². The molecule has 0 unspecified atom stereocenters. The maximum atomic E-state index is 6.50. The van der Waals surface area contributed by atoms with Crippen LogP contribution in [-0.2, 0) is 0 Å². The molecular weight excluding hydrogens is 657 g/mol. The van der Waals surface area contributed by atoms with E-state index >= 15 is 0 Å². The van der Waals surface area contributed by atoms with Crippen molar-refractivity contribution in [2.24, 2.45) is 0 Å². The number of rotatable bonds is 3. The van der Waals surface area contributed by atoms with Crippen LogP contribution in [0, 0.1) is 0 Å². The zero-order valence-corrected chi connectivity index (χ0v) is 28.4. The van der Waals surface area contributed by atoms with Gasteiger partial charge in [0.1, 0.15) is 22.4 Å². The molecule has 0 saturated carbocycles. The fourth-order valence-corrected chi connectivity index (χ4v) is 9.30. The summed E-state index contributed by atoms with van der Waals surface area (Å²) in [6.07, 6.45) is 0. The van der Waals surface area contributed by atoms with Crippen molar-refractivity contribution in [3.05, 3.63) is 158 Å². The Bertz CT molecular complexity index is 3280. The van der Waals surface area contributed by atoms with Gasteiger partial charge in [0.05, 0.1) is 16.7 Å². The highest BCUT2D eigenvalue weighted by atomic mass is 32.2. The number of nitrogens with zero attached hydrogens (tertiary/aromatic N) is 4. The Hall–Kier alpha value is -6.63. The molecule has 1 aliphatic heterocycles. The molecule has 5 nitrogen and oxygen atoms in total. The van der Waals surface area contributed by atoms with E-state index in [-0.39, 0.29) is 0 Å². The summed E-state index contributed by atoms with van der Waals surface area (Å²) in [6.45, 7) is 0. The smallest absolute Gasteiger partial charge is 0.180 e. The number of benzene rings is 7. The van der Waals surface area contributed by atoms with Crippen LogP contribution in [0.4, 0.5) is 0 Å². The average molecular weight is 683 g/mol. The summed E-state index contributed by atoms with van der Waals surface area (Å²) in [5.41, 5.74) is 10.9. The van der Waals surface area contributed by atoms with E-state index in [0.29, 0.717) is 11.4 Å². The van der Waals surface area contributed by atoms with Gasteiger partial charge >= 0.3 is 0 Å². The van der Waals surface area contributed by atoms with Gasteiger partial charge in [0.15, 0.2) is 11.4 Å². The van der Waals surface area contributed by atoms with Crippen molar-refractivity contribution in [3.8, 4) is 34.0 Å². The van der Waals surface area contributed by atoms with Crippen LogP contribution < -0.4 is 0 Å². The summed E-state index contributed by atoms with van der Waals surface area (Å²) in [5, 5.41) is 6.94. The third-order valence-corrected chi connectivity index (χ3v) is 11.6. The molecule has 0 atom stereocenters. The largest absolute Gasteiger partial charge is 0.452 e. The maximum absolute atomic E-state index is 6.50. The lowest BCUT2D eigenvalue weighted by molar-refractivity contribution is 0.667. The van der Waals surface area contributed by atoms with E-state index in [1.54, 1.807) is 0 Å². The average Bonchev–Trinajstić information content (AvgIpc) is 3.86. The normalized spacial score (nSPS) is 12.5. The van der Waals surface area contributed by atoms with E-state index in [4.69, 9.17) is 14.4 Å². The maximum Gasteiger partial charge on any atom is 0.180 e. The quantitative estimate of drug-likeness (QED) is 0.186. The van der Waals surface area contributed by atoms with Crippen molar-refractivity contribution < 1.29 is 4.42 Å². The molecule has 52 heavy (non-hydrogen) atoms. The molecule has 0 radical (unpaired) electrons. The summed E-state index contributed by atoms with van der Waals surface area (Å²) in [4.78, 5) is 13.1. The molecule has 242 valence electrons. The van der Waals surface area contributed by atoms with Crippen LogP contribution in [0.3, 0.4) is 0 Å². The molecule has 5 heterocycles. The highest BCUT2D eigenvalue weighted by Crippen LogP contribution is 2.50. The Morgan fingerprint density at radius 2 is 1.31 bits per heavy atom. The Kier molecular flexibility index (Phi) is 5.65. The second kappa shape index (κ2) is 10.4. The number of furan rings is 1. The molecule has 7 aromatic carbocycles. The van der Waals surface area contributed by atoms with Gasteiger partial charge in [0.2, 0.25) is 0 Å². The van der Waals surface area contributed by atoms with Gasteiger partial charge in [-0.1, -0.05) is 103 Å². The monoisotopic (exact) mass is 682 g/mol. The van der Waals surface area contributed by atoms with Gasteiger partial charge in [0, 0.05) is 48.2 Å². The molecule has 0 N–H and O–H groups in total. The Labute approximate surface area is 301 Å². The summed E-state index contributed by atoms with van der Waals surface area (Å²) in [6, 6.07) is 55.9. The fourth-order valence-electron chi connectivity index (χ4n) is 8.21. The van der Waals surface area contributed by atoms with Crippen molar-refractivity contribution in [2.75, 3.05) is 0 Å². The minimum absolute atomic E-state index is 0.666. The number of fused-ring (bicyclic) bond motifs is 11. The van der Waals surface area contributed by atoms with Gasteiger partial charge in [-0.2, -0.15) is 0 Å². The zero-order valence-electron chi connectivity index (χ0n) is 27.6. The lowest BCUT2D eigenvalue weighted by Gasteiger charge is -2.21. The van der Waals surface area contributed by atoms with Gasteiger partial charge in [0.25, 0.3) is 0 Å². The van der Waals surface area contributed by atoms with E-state index in [0.717, 1.165) is 60.9 Å². The topological polar surface area (TPSA) is 48.8 Å². The van der Waals surface area contributed by atoms with Crippen LogP contribution in [0.2, 0.25) is 0 Å². The zero-order chi connectivity index (χ0) is 33.9. The first-order chi connectivity index (χ1) is 25.8. The van der Waals surface area contributed by atoms with Gasteiger partial charge in [-0.05, 0) is 77.5 Å². The van der Waals surface area contributed by atoms with Crippen LogP contribution in [0.15, 0.2) is 172 Å². The summed E-state index contributed by atoms with van der Waals surface area (Å²) < 4.78 is 11.4. The van der Waals surface area contributed by atoms with Crippen LogP contribution in [-0.4, -0.2) is 19.1 Å². The van der Waals surface area contributed by atoms with Crippen molar-refractivity contribution in [1.82, 2.24) is 19.1 Å². The van der Waals surface area contributed by atoms with E-state index < -0.39 is 0 Å². The predicted octanol–water partition coefficient (Wildman–Crippen LogP) is 12.4. The standard InChI is InChI=1S/C46H26N4OS/c1-2-13-31(14-3-1)49-35-24-23-30(26-34(35)40-33-16-10-20-39-43(33)50(46(40)49)36-17-7-9-19-38(36)52-39)45-47-41(29-22-21-27-11-4-5-12-28(27)25-29)44-42(48-45)32-15-6-8-18-37(32)51-44/h1-26H. The molecule has 0 spiro atoms. The van der Waals surface area contributed by atoms with Gasteiger partial charge in [-0.3, -0.25) is 9.13 Å². The first kappa shape index (κ1) is 28.1. The summed E-state index contributed by atoms with van der Waals surface area (Å²) >= 11 is 1.84. The molecule has 0 fully saturated rings. The van der Waals surface area contributed by atoms with E-state index in [9.17, 15) is 0 Å². The molecular formula is C46H26N4OS. The lowest BCUT2D eigenvalue weighted by atomic mass is 10.0. The Morgan fingerprint density at radius 3 is 2.25 bits per heavy atom. The number of hydrogen-bond acceptors (Lipinski definition) is 4. The summed E-state index contributed by atoms with van der Waals surface area (Å²) in [7, 11) is 0. The van der Waals surface area contributed by atoms with E-state index in [2.05, 4.69) is 149 Å². The molecule has 0 aliphatic carbocycles. The molecule has 0 saturated heterocycles. The van der Waals surface area contributed by atoms with E-state index in [1.165, 1.54) is 37.2 Å². The number of hydrogen-bond donors (Lipinski definition) is 0. The molecule has 0 amide bonds. The molecule has 12 rings (SSSR count). The minimum Gasteiger partial charge on any atom is -0.452 e. The third-order valence-electron chi connectivity index (χ3n) is 10.5. The van der Waals surface area contributed by atoms with E-state index in [1.807, 2.05) is 30.0 Å². The van der Waals surface area contributed by atoms with Crippen molar-refractivity contribution in [2.45, 2.75) is 9.79 Å². The van der Waals surface area contributed by atoms with Gasteiger partial charge < -0.3 is 4.42 Å². The molecule has 4 aromatic heterocycles. The van der Waals surface area contributed by atoms with Crippen molar-refractivity contribution >= 4 is 77.4 Å². The fraction of sp³-hybridized carbons (Fsp3) is 0. The first-order valence-electron chi connectivity index (χ1n) is 17.4. The molecule has 6 heteroatoms. The van der Waals surface area contributed by atoms with Crippen LogP contribution >= 0.6 is 11.8 Å². The number of para-hydroxylation sites is 4. The third kappa shape index (κ3) is 3.84. The SMILES string of the molecule is c1ccc(-n2c3ccc(-c4nc(-c5ccc6ccccc6c5)c5oc6ccccc6c5n4)cc3c3c4cccc5c4n(c32)-c2ccccc2S5)cc1. The highest BCUT2D eigenvalue weighted by molar-refractivity contribution is 7.99. The van der Waals surface area contributed by atoms with Crippen molar-refractivity contribution in [1.29, 1.82) is 0 Å². The second-order valence-corrected chi connectivity index (χ2v) is 14.5. The highest BCUT2D eigenvalue weighted by Gasteiger charge is 2.28. The Balaban J connectivity index is 1.18. The van der Waals surface area contributed by atoms with Crippen molar-refractivity contribution in [3.63, 3.8) is 0 Å². The van der Waals surface area contributed by atoms with Crippen LogP contribution in [0.5, 0.6) is 0 Å². The Morgan fingerprint density at radius 1 is 0.538 bits per heavy atom. The second-order valence-electron chi connectivity index (χ2n) is 13.4. The molecule has 11 aromatic rings. The number of aromatic nitrogens is 4. The molecule has 0 bridgehead atoms. The molecule has 1 aliphatic rings. The lowest BCUT2D eigenvalue weighted by Crippen LogP contribution is -2.05. The predicted molar refractivity (Wildman–Crippen MR) is 213 cm³/mol. The summed E-state index contributed by atoms with van der Waals surface area (Å²) in [5.74, 6) is 0.666. The van der Waals surface area contributed by atoms with Gasteiger partial charge in [-0.15, -0.1) is 0 Å². The minimum atomic E-state index is 0.666. The first-order valence-corrected chi connectivity index (χ1v) is 18.2.